The van der Waals surface area contributed by atoms with Gasteiger partial charge in [-0.05, 0) is 31.2 Å². The van der Waals surface area contributed by atoms with Gasteiger partial charge in [-0.2, -0.15) is 0 Å². The lowest BCUT2D eigenvalue weighted by Crippen LogP contribution is -2.30. The number of benzene rings is 1. The monoisotopic (exact) mass is 370 g/mol. The average molecular weight is 371 g/mol. The number of nitrogens with zero attached hydrogens (tertiary/aromatic N) is 1. The number of nitrogens with one attached hydrogen (secondary N) is 1. The summed E-state index contributed by atoms with van der Waals surface area (Å²) in [6.07, 6.45) is 1.06. The third kappa shape index (κ3) is 3.77. The molecule has 1 heterocycles. The fourth-order valence-electron chi connectivity index (χ4n) is 1.98. The molecule has 1 aromatic carbocycles. The van der Waals surface area contributed by atoms with Crippen molar-refractivity contribution in [2.24, 2.45) is 0 Å². The number of methoxy groups -OCH3 is 2. The molecule has 1 amide bonds. The zero-order chi connectivity index (χ0) is 17.9. The Bertz CT molecular complexity index is 841. The van der Waals surface area contributed by atoms with Crippen LogP contribution >= 0.6 is 11.6 Å². The van der Waals surface area contributed by atoms with E-state index >= 15 is 0 Å². The molecular formula is C15H15ClN2O5S. The summed E-state index contributed by atoms with van der Waals surface area (Å²) in [6, 6.07) is 5.44. The zero-order valence-corrected chi connectivity index (χ0v) is 14.7. The molecule has 7 nitrogen and oxygen atoms in total. The summed E-state index contributed by atoms with van der Waals surface area (Å²) in [5, 5.41) is 0.147. The summed E-state index contributed by atoms with van der Waals surface area (Å²) < 4.78 is 36.8. The molecule has 1 N–H and O–H groups in total. The van der Waals surface area contributed by atoms with Crippen molar-refractivity contribution >= 4 is 27.5 Å². The highest BCUT2D eigenvalue weighted by Crippen LogP contribution is 2.29. The largest absolute Gasteiger partial charge is 0.496 e. The van der Waals surface area contributed by atoms with Crippen LogP contribution in [0, 0.1) is 6.92 Å². The molecular weight excluding hydrogens is 356 g/mol. The molecule has 0 bridgehead atoms. The summed E-state index contributed by atoms with van der Waals surface area (Å²) in [7, 11) is -1.19. The van der Waals surface area contributed by atoms with Crippen LogP contribution in [0.4, 0.5) is 0 Å². The van der Waals surface area contributed by atoms with Crippen LogP contribution in [-0.4, -0.2) is 33.5 Å². The van der Waals surface area contributed by atoms with Gasteiger partial charge in [0.25, 0.3) is 15.9 Å². The van der Waals surface area contributed by atoms with Gasteiger partial charge in [0.1, 0.15) is 21.5 Å². The molecule has 2 aromatic rings. The highest BCUT2D eigenvalue weighted by Gasteiger charge is 2.21. The first kappa shape index (κ1) is 18.0. The molecule has 0 atom stereocenters. The van der Waals surface area contributed by atoms with E-state index in [2.05, 4.69) is 4.98 Å². The van der Waals surface area contributed by atoms with Crippen molar-refractivity contribution in [1.82, 2.24) is 9.71 Å². The van der Waals surface area contributed by atoms with Crippen LogP contribution in [0.5, 0.6) is 11.5 Å². The molecule has 9 heteroatoms. The van der Waals surface area contributed by atoms with E-state index in [1.54, 1.807) is 6.92 Å². The van der Waals surface area contributed by atoms with E-state index in [-0.39, 0.29) is 15.6 Å². The molecule has 24 heavy (non-hydrogen) atoms. The minimum atomic E-state index is -4.08. The maximum absolute atomic E-state index is 12.3. The standard InChI is InChI=1S/C15H15ClN2O5S/c1-9-12(22-2)6-10(7-13(9)23-3)15(19)18-24(20,21)11-4-5-14(16)17-8-11/h4-8H,1-3H3,(H,18,19). The topological polar surface area (TPSA) is 94.6 Å². The molecule has 0 saturated carbocycles. The van der Waals surface area contributed by atoms with E-state index in [4.69, 9.17) is 21.1 Å². The summed E-state index contributed by atoms with van der Waals surface area (Å²) in [5.41, 5.74) is 0.779. The zero-order valence-electron chi connectivity index (χ0n) is 13.2. The van der Waals surface area contributed by atoms with Crippen LogP contribution in [0.15, 0.2) is 35.4 Å². The lowest BCUT2D eigenvalue weighted by molar-refractivity contribution is 0.0980. The molecule has 0 aliphatic heterocycles. The number of hydrogen-bond donors (Lipinski definition) is 1. The summed E-state index contributed by atoms with van der Waals surface area (Å²) in [5.74, 6) is -0.00309. The molecule has 128 valence electrons. The Hall–Kier alpha value is -2.32. The first-order valence-corrected chi connectivity index (χ1v) is 8.56. The molecule has 2 rings (SSSR count). The second-order valence-electron chi connectivity index (χ2n) is 4.76. The molecule has 0 aliphatic rings. The third-order valence-corrected chi connectivity index (χ3v) is 4.79. The number of pyridine rings is 1. The van der Waals surface area contributed by atoms with Gasteiger partial charge < -0.3 is 9.47 Å². The minimum absolute atomic E-state index is 0.0831. The SMILES string of the molecule is COc1cc(C(=O)NS(=O)(=O)c2ccc(Cl)nc2)cc(OC)c1C. The van der Waals surface area contributed by atoms with E-state index < -0.39 is 15.9 Å². The molecule has 0 unspecified atom stereocenters. The highest BCUT2D eigenvalue weighted by atomic mass is 35.5. The number of halogens is 1. The first-order chi connectivity index (χ1) is 11.3. The average Bonchev–Trinajstić information content (AvgIpc) is 2.55. The number of aromatic nitrogens is 1. The van der Waals surface area contributed by atoms with Crippen molar-refractivity contribution in [3.63, 3.8) is 0 Å². The van der Waals surface area contributed by atoms with Crippen LogP contribution in [0.1, 0.15) is 15.9 Å². The third-order valence-electron chi connectivity index (χ3n) is 3.25. The maximum atomic E-state index is 12.3. The predicted octanol–water partition coefficient (Wildman–Crippen LogP) is 2.18. The fourth-order valence-corrected chi connectivity index (χ4v) is 3.01. The Morgan fingerprint density at radius 3 is 2.21 bits per heavy atom. The lowest BCUT2D eigenvalue weighted by atomic mass is 10.1. The Kier molecular flexibility index (Phi) is 5.30. The number of ether oxygens (including phenoxy) is 2. The molecule has 1 aromatic heterocycles. The molecule has 0 radical (unpaired) electrons. The second-order valence-corrected chi connectivity index (χ2v) is 6.83. The maximum Gasteiger partial charge on any atom is 0.265 e. The number of amides is 1. The summed E-state index contributed by atoms with van der Waals surface area (Å²) in [4.78, 5) is 15.8. The highest BCUT2D eigenvalue weighted by molar-refractivity contribution is 7.90. The smallest absolute Gasteiger partial charge is 0.265 e. The van der Waals surface area contributed by atoms with Crippen molar-refractivity contribution < 1.29 is 22.7 Å². The van der Waals surface area contributed by atoms with Gasteiger partial charge in [-0.15, -0.1) is 0 Å². The number of carbonyl (C=O) groups is 1. The Labute approximate surface area is 144 Å². The number of carbonyl (C=O) groups excluding carboxylic acids is 1. The van der Waals surface area contributed by atoms with Gasteiger partial charge >= 0.3 is 0 Å². The number of sulfonamides is 1. The van der Waals surface area contributed by atoms with Crippen LogP contribution in [-0.2, 0) is 10.0 Å². The van der Waals surface area contributed by atoms with Crippen molar-refractivity contribution in [2.45, 2.75) is 11.8 Å². The van der Waals surface area contributed by atoms with Gasteiger partial charge in [0.05, 0.1) is 14.2 Å². The summed E-state index contributed by atoms with van der Waals surface area (Å²) in [6.45, 7) is 1.76. The first-order valence-electron chi connectivity index (χ1n) is 6.70. The van der Waals surface area contributed by atoms with Crippen molar-refractivity contribution in [1.29, 1.82) is 0 Å². The van der Waals surface area contributed by atoms with Crippen molar-refractivity contribution in [2.75, 3.05) is 14.2 Å². The Morgan fingerprint density at radius 2 is 1.75 bits per heavy atom. The van der Waals surface area contributed by atoms with Crippen molar-refractivity contribution in [3.8, 4) is 11.5 Å². The quantitative estimate of drug-likeness (QED) is 0.810. The molecule has 0 spiro atoms. The van der Waals surface area contributed by atoms with Crippen LogP contribution in [0.2, 0.25) is 5.15 Å². The van der Waals surface area contributed by atoms with Gasteiger partial charge in [-0.3, -0.25) is 4.79 Å². The Morgan fingerprint density at radius 1 is 1.17 bits per heavy atom. The van der Waals surface area contributed by atoms with Crippen LogP contribution in [0.3, 0.4) is 0 Å². The van der Waals surface area contributed by atoms with E-state index in [0.717, 1.165) is 6.20 Å². The number of rotatable bonds is 5. The normalized spacial score (nSPS) is 11.0. The number of hydrogen-bond acceptors (Lipinski definition) is 6. The van der Waals surface area contributed by atoms with Crippen LogP contribution < -0.4 is 14.2 Å². The van der Waals surface area contributed by atoms with E-state index in [9.17, 15) is 13.2 Å². The van der Waals surface area contributed by atoms with Crippen molar-refractivity contribution in [3.05, 3.63) is 46.7 Å². The van der Waals surface area contributed by atoms with Gasteiger partial charge in [0, 0.05) is 17.3 Å². The van der Waals surface area contributed by atoms with Gasteiger partial charge in [-0.1, -0.05) is 11.6 Å². The van der Waals surface area contributed by atoms with E-state index in [1.807, 2.05) is 4.72 Å². The minimum Gasteiger partial charge on any atom is -0.496 e. The molecule has 0 aliphatic carbocycles. The second kappa shape index (κ2) is 7.06. The fraction of sp³-hybridized carbons (Fsp3) is 0.200. The molecule has 0 saturated heterocycles. The summed E-state index contributed by atoms with van der Waals surface area (Å²) >= 11 is 5.62. The Balaban J connectivity index is 2.34. The van der Waals surface area contributed by atoms with Crippen LogP contribution in [0.25, 0.3) is 0 Å². The molecule has 0 fully saturated rings. The van der Waals surface area contributed by atoms with E-state index in [0.29, 0.717) is 17.1 Å². The van der Waals surface area contributed by atoms with Gasteiger partial charge in [0.15, 0.2) is 0 Å². The predicted molar refractivity (Wildman–Crippen MR) is 88.2 cm³/mol. The van der Waals surface area contributed by atoms with Gasteiger partial charge in [0.2, 0.25) is 0 Å². The van der Waals surface area contributed by atoms with Gasteiger partial charge in [-0.25, -0.2) is 18.1 Å². The lowest BCUT2D eigenvalue weighted by Gasteiger charge is -2.13. The van der Waals surface area contributed by atoms with E-state index in [1.165, 1.54) is 38.5 Å².